The Morgan fingerprint density at radius 1 is 1.44 bits per heavy atom. The lowest BCUT2D eigenvalue weighted by atomic mass is 10.3. The Labute approximate surface area is 97.0 Å². The zero-order valence-corrected chi connectivity index (χ0v) is 10.2. The molecule has 0 aliphatic carbocycles. The number of rotatable bonds is 7. The van der Waals surface area contributed by atoms with Crippen LogP contribution in [0.2, 0.25) is 0 Å². The summed E-state index contributed by atoms with van der Waals surface area (Å²) in [4.78, 5) is 4.27. The van der Waals surface area contributed by atoms with Crippen molar-refractivity contribution in [2.24, 2.45) is 0 Å². The van der Waals surface area contributed by atoms with E-state index in [-0.39, 0.29) is 6.10 Å². The van der Waals surface area contributed by atoms with Crippen molar-refractivity contribution >= 4 is 5.82 Å². The summed E-state index contributed by atoms with van der Waals surface area (Å²) in [7, 11) is 1.67. The van der Waals surface area contributed by atoms with E-state index in [1.54, 1.807) is 7.11 Å². The minimum absolute atomic E-state index is 0.110. The van der Waals surface area contributed by atoms with E-state index in [1.165, 1.54) is 0 Å². The van der Waals surface area contributed by atoms with E-state index in [1.807, 2.05) is 32.2 Å². The minimum atomic E-state index is 0.110. The molecule has 16 heavy (non-hydrogen) atoms. The molecule has 0 spiro atoms. The monoisotopic (exact) mass is 224 g/mol. The van der Waals surface area contributed by atoms with Crippen LogP contribution in [-0.4, -0.2) is 31.3 Å². The zero-order valence-electron chi connectivity index (χ0n) is 10.2. The zero-order chi connectivity index (χ0) is 11.8. The van der Waals surface area contributed by atoms with E-state index in [0.29, 0.717) is 13.2 Å². The van der Waals surface area contributed by atoms with Crippen molar-refractivity contribution < 1.29 is 9.47 Å². The summed E-state index contributed by atoms with van der Waals surface area (Å²) in [5, 5.41) is 3.15. The minimum Gasteiger partial charge on any atom is -0.382 e. The van der Waals surface area contributed by atoms with E-state index in [0.717, 1.165) is 17.9 Å². The average molecular weight is 224 g/mol. The van der Waals surface area contributed by atoms with Gasteiger partial charge >= 0.3 is 0 Å². The van der Waals surface area contributed by atoms with Gasteiger partial charge in [-0.1, -0.05) is 6.07 Å². The summed E-state index contributed by atoms with van der Waals surface area (Å²) in [6.45, 7) is 6.11. The van der Waals surface area contributed by atoms with E-state index in [9.17, 15) is 0 Å². The Hall–Kier alpha value is -1.13. The summed E-state index contributed by atoms with van der Waals surface area (Å²) in [5.41, 5.74) is 1.07. The van der Waals surface area contributed by atoms with E-state index >= 15 is 0 Å². The molecule has 0 aliphatic rings. The Balaban J connectivity index is 2.37. The number of aromatic nitrogens is 1. The van der Waals surface area contributed by atoms with Gasteiger partial charge in [0.15, 0.2) is 0 Å². The molecule has 0 saturated carbocycles. The third-order valence-corrected chi connectivity index (χ3v) is 2.12. The Morgan fingerprint density at radius 3 is 2.81 bits per heavy atom. The Bertz CT molecular complexity index is 288. The predicted molar refractivity (Wildman–Crippen MR) is 64.5 cm³/mol. The molecular weight excluding hydrogens is 204 g/mol. The average Bonchev–Trinajstić information content (AvgIpc) is 2.29. The molecule has 1 atom stereocenters. The second-order valence-corrected chi connectivity index (χ2v) is 3.66. The van der Waals surface area contributed by atoms with Gasteiger partial charge in [-0.05, 0) is 25.5 Å². The number of pyridine rings is 1. The maximum atomic E-state index is 5.58. The predicted octanol–water partition coefficient (Wildman–Crippen LogP) is 2.06. The van der Waals surface area contributed by atoms with Crippen LogP contribution in [0.25, 0.3) is 0 Å². The number of anilines is 1. The van der Waals surface area contributed by atoms with Crippen molar-refractivity contribution in [3.05, 3.63) is 23.9 Å². The molecule has 90 valence electrons. The van der Waals surface area contributed by atoms with Crippen LogP contribution in [0.3, 0.4) is 0 Å². The van der Waals surface area contributed by atoms with Crippen LogP contribution < -0.4 is 5.32 Å². The van der Waals surface area contributed by atoms with Gasteiger partial charge in [-0.2, -0.15) is 0 Å². The van der Waals surface area contributed by atoms with Crippen LogP contribution in [-0.2, 0) is 16.1 Å². The van der Waals surface area contributed by atoms with Gasteiger partial charge in [0.1, 0.15) is 5.82 Å². The first-order valence-corrected chi connectivity index (χ1v) is 5.55. The molecule has 4 nitrogen and oxygen atoms in total. The molecule has 1 aromatic heterocycles. The summed E-state index contributed by atoms with van der Waals surface area (Å²) in [6.07, 6.45) is 1.94. The highest BCUT2D eigenvalue weighted by molar-refractivity contribution is 5.34. The number of nitrogens with one attached hydrogen (secondary N) is 1. The summed E-state index contributed by atoms with van der Waals surface area (Å²) < 4.78 is 10.6. The quantitative estimate of drug-likeness (QED) is 0.770. The van der Waals surface area contributed by atoms with Crippen LogP contribution in [0, 0.1) is 0 Å². The van der Waals surface area contributed by atoms with Crippen molar-refractivity contribution in [1.82, 2.24) is 4.98 Å². The number of hydrogen-bond donors (Lipinski definition) is 1. The van der Waals surface area contributed by atoms with E-state index < -0.39 is 0 Å². The second kappa shape index (κ2) is 7.19. The first kappa shape index (κ1) is 12.9. The second-order valence-electron chi connectivity index (χ2n) is 3.66. The number of ether oxygens (including phenoxy) is 2. The van der Waals surface area contributed by atoms with Crippen molar-refractivity contribution in [3.8, 4) is 0 Å². The van der Waals surface area contributed by atoms with Crippen molar-refractivity contribution in [1.29, 1.82) is 0 Å². The van der Waals surface area contributed by atoms with Crippen LogP contribution >= 0.6 is 0 Å². The Morgan fingerprint density at radius 2 is 2.25 bits per heavy atom. The van der Waals surface area contributed by atoms with Crippen LogP contribution in [0.5, 0.6) is 0 Å². The van der Waals surface area contributed by atoms with E-state index in [4.69, 9.17) is 9.47 Å². The summed E-state index contributed by atoms with van der Waals surface area (Å²) in [6, 6.07) is 3.98. The topological polar surface area (TPSA) is 43.4 Å². The molecule has 1 unspecified atom stereocenters. The smallest absolute Gasteiger partial charge is 0.125 e. The van der Waals surface area contributed by atoms with Crippen LogP contribution in [0.15, 0.2) is 18.3 Å². The van der Waals surface area contributed by atoms with Gasteiger partial charge < -0.3 is 14.8 Å². The molecular formula is C12H20N2O2. The molecule has 0 fully saturated rings. The molecule has 0 radical (unpaired) electrons. The van der Waals surface area contributed by atoms with Gasteiger partial charge in [0.05, 0.1) is 19.3 Å². The van der Waals surface area contributed by atoms with Gasteiger partial charge in [0.25, 0.3) is 0 Å². The van der Waals surface area contributed by atoms with Crippen LogP contribution in [0.1, 0.15) is 19.4 Å². The van der Waals surface area contributed by atoms with Crippen LogP contribution in [0.4, 0.5) is 5.82 Å². The number of methoxy groups -OCH3 is 1. The van der Waals surface area contributed by atoms with Crippen molar-refractivity contribution in [3.63, 3.8) is 0 Å². The third-order valence-electron chi connectivity index (χ3n) is 2.12. The maximum absolute atomic E-state index is 5.58. The highest BCUT2D eigenvalue weighted by atomic mass is 16.5. The largest absolute Gasteiger partial charge is 0.382 e. The lowest BCUT2D eigenvalue weighted by molar-refractivity contribution is -0.000210. The highest BCUT2D eigenvalue weighted by Crippen LogP contribution is 2.07. The molecule has 1 heterocycles. The van der Waals surface area contributed by atoms with Crippen molar-refractivity contribution in [2.45, 2.75) is 26.6 Å². The lowest BCUT2D eigenvalue weighted by Gasteiger charge is -2.11. The van der Waals surface area contributed by atoms with Gasteiger partial charge in [-0.15, -0.1) is 0 Å². The normalized spacial score (nSPS) is 12.4. The fourth-order valence-electron chi connectivity index (χ4n) is 1.32. The maximum Gasteiger partial charge on any atom is 0.125 e. The van der Waals surface area contributed by atoms with Crippen molar-refractivity contribution in [2.75, 3.05) is 25.6 Å². The van der Waals surface area contributed by atoms with Gasteiger partial charge in [0.2, 0.25) is 0 Å². The fourth-order valence-corrected chi connectivity index (χ4v) is 1.32. The molecule has 0 aromatic carbocycles. The lowest BCUT2D eigenvalue weighted by Crippen LogP contribution is -2.14. The summed E-state index contributed by atoms with van der Waals surface area (Å²) in [5.74, 6) is 0.899. The fraction of sp³-hybridized carbons (Fsp3) is 0.583. The van der Waals surface area contributed by atoms with Gasteiger partial charge in [-0.25, -0.2) is 4.98 Å². The molecule has 0 saturated heterocycles. The standard InChI is InChI=1S/C12H20N2O2/c1-4-13-12-6-5-11(7-14-12)9-16-10(2)8-15-3/h5-7,10H,4,8-9H2,1-3H3,(H,13,14). The van der Waals surface area contributed by atoms with Gasteiger partial charge in [0, 0.05) is 19.9 Å². The molecule has 4 heteroatoms. The molecule has 1 rings (SSSR count). The van der Waals surface area contributed by atoms with Gasteiger partial charge in [-0.3, -0.25) is 0 Å². The molecule has 1 aromatic rings. The molecule has 1 N–H and O–H groups in total. The third kappa shape index (κ3) is 4.59. The number of hydrogen-bond acceptors (Lipinski definition) is 4. The Kier molecular flexibility index (Phi) is 5.82. The molecule has 0 bridgehead atoms. The SMILES string of the molecule is CCNc1ccc(COC(C)COC)cn1. The highest BCUT2D eigenvalue weighted by Gasteiger charge is 2.02. The summed E-state index contributed by atoms with van der Waals surface area (Å²) >= 11 is 0. The molecule has 0 aliphatic heterocycles. The molecule has 0 amide bonds. The first-order valence-electron chi connectivity index (χ1n) is 5.55. The first-order chi connectivity index (χ1) is 7.76. The number of nitrogens with zero attached hydrogens (tertiary/aromatic N) is 1. The van der Waals surface area contributed by atoms with E-state index in [2.05, 4.69) is 10.3 Å².